The Morgan fingerprint density at radius 2 is 1.91 bits per heavy atom. The van der Waals surface area contributed by atoms with Crippen molar-refractivity contribution in [2.75, 3.05) is 6.54 Å². The van der Waals surface area contributed by atoms with Crippen LogP contribution in [0.5, 0.6) is 5.75 Å². The van der Waals surface area contributed by atoms with Gasteiger partial charge in [-0.3, -0.25) is 9.69 Å². The molecule has 0 unspecified atom stereocenters. The van der Waals surface area contributed by atoms with Gasteiger partial charge in [-0.25, -0.2) is 4.98 Å². The summed E-state index contributed by atoms with van der Waals surface area (Å²) in [6.07, 6.45) is 8.97. The first-order valence-electron chi connectivity index (χ1n) is 12.8. The van der Waals surface area contributed by atoms with Crippen molar-refractivity contribution in [1.29, 1.82) is 0 Å². The highest BCUT2D eigenvalue weighted by Crippen LogP contribution is 2.31. The van der Waals surface area contributed by atoms with Crippen molar-refractivity contribution in [2.24, 2.45) is 0 Å². The Labute approximate surface area is 205 Å². The highest BCUT2D eigenvalue weighted by atomic mass is 16.5. The van der Waals surface area contributed by atoms with Crippen LogP contribution in [-0.2, 0) is 26.1 Å². The molecule has 180 valence electrons. The summed E-state index contributed by atoms with van der Waals surface area (Å²) >= 11 is 0. The van der Waals surface area contributed by atoms with Gasteiger partial charge in [-0.2, -0.15) is 0 Å². The third-order valence-corrected chi connectivity index (χ3v) is 7.54. The van der Waals surface area contributed by atoms with E-state index in [-0.39, 0.29) is 5.56 Å². The lowest BCUT2D eigenvalue weighted by atomic mass is 9.88. The highest BCUT2D eigenvalue weighted by molar-refractivity contribution is 5.84. The molecule has 1 saturated carbocycles. The molecule has 2 aliphatic rings. The lowest BCUT2D eigenvalue weighted by Gasteiger charge is -2.28. The molecule has 0 spiro atoms. The number of ether oxygens (including phenoxy) is 1. The number of nitrogens with one attached hydrogen (secondary N) is 2. The molecular weight excluding hydrogens is 436 g/mol. The van der Waals surface area contributed by atoms with Gasteiger partial charge < -0.3 is 14.7 Å². The molecule has 4 aromatic rings. The van der Waals surface area contributed by atoms with Gasteiger partial charge in [-0.15, -0.1) is 0 Å². The predicted octanol–water partition coefficient (Wildman–Crippen LogP) is 5.44. The molecule has 6 rings (SSSR count). The standard InChI is InChI=1S/C29H32N4O2/c34-29-25-18-33(14-13-27(25)31-28(32-29)21-9-5-2-6-10-21)17-22-16-30-26-12-11-23(15-24(22)26)35-19-20-7-3-1-4-8-20/h1,3-4,7-8,11-12,15-16,21,30H,2,5-6,9-10,13-14,17-19H2,(H,31,32,34). The maximum absolute atomic E-state index is 13.0. The second-order valence-electron chi connectivity index (χ2n) is 9.97. The molecule has 2 aromatic heterocycles. The zero-order valence-electron chi connectivity index (χ0n) is 20.1. The maximum atomic E-state index is 13.0. The van der Waals surface area contributed by atoms with Crippen LogP contribution in [0.15, 0.2) is 59.5 Å². The first-order chi connectivity index (χ1) is 17.2. The molecule has 6 heteroatoms. The van der Waals surface area contributed by atoms with Gasteiger partial charge in [-0.05, 0) is 42.2 Å². The van der Waals surface area contributed by atoms with Gasteiger partial charge in [0.15, 0.2) is 0 Å². The zero-order chi connectivity index (χ0) is 23.6. The summed E-state index contributed by atoms with van der Waals surface area (Å²) in [4.78, 5) is 26.8. The Kier molecular flexibility index (Phi) is 6.13. The number of rotatable bonds is 6. The molecule has 35 heavy (non-hydrogen) atoms. The molecular formula is C29H32N4O2. The lowest BCUT2D eigenvalue weighted by Crippen LogP contribution is -2.36. The topological polar surface area (TPSA) is 74.0 Å². The van der Waals surface area contributed by atoms with Crippen LogP contribution in [0.1, 0.15) is 66.2 Å². The summed E-state index contributed by atoms with van der Waals surface area (Å²) < 4.78 is 6.06. The smallest absolute Gasteiger partial charge is 0.255 e. The Balaban J connectivity index is 1.17. The molecule has 1 aliphatic carbocycles. The molecule has 3 heterocycles. The van der Waals surface area contributed by atoms with Crippen molar-refractivity contribution in [1.82, 2.24) is 19.9 Å². The third-order valence-electron chi connectivity index (χ3n) is 7.54. The van der Waals surface area contributed by atoms with E-state index in [0.29, 0.717) is 19.1 Å². The normalized spacial score (nSPS) is 16.9. The number of H-pyrrole nitrogens is 2. The van der Waals surface area contributed by atoms with Crippen molar-refractivity contribution < 1.29 is 4.74 Å². The molecule has 0 bridgehead atoms. The van der Waals surface area contributed by atoms with Gasteiger partial charge in [0.1, 0.15) is 18.2 Å². The quantitative estimate of drug-likeness (QED) is 0.395. The number of benzene rings is 2. The van der Waals surface area contributed by atoms with E-state index in [2.05, 4.69) is 45.3 Å². The second-order valence-corrected chi connectivity index (χ2v) is 9.97. The number of aromatic amines is 2. The SMILES string of the molecule is O=c1[nH]c(C2CCCCC2)nc2c1CN(Cc1c[nH]c3ccc(OCc4ccccc4)cc13)CC2. The van der Waals surface area contributed by atoms with Crippen LogP contribution in [0.2, 0.25) is 0 Å². The average molecular weight is 469 g/mol. The lowest BCUT2D eigenvalue weighted by molar-refractivity contribution is 0.242. The van der Waals surface area contributed by atoms with Crippen LogP contribution >= 0.6 is 0 Å². The highest BCUT2D eigenvalue weighted by Gasteiger charge is 2.25. The number of fused-ring (bicyclic) bond motifs is 2. The Morgan fingerprint density at radius 1 is 1.06 bits per heavy atom. The van der Waals surface area contributed by atoms with E-state index < -0.39 is 0 Å². The maximum Gasteiger partial charge on any atom is 0.255 e. The van der Waals surface area contributed by atoms with Crippen molar-refractivity contribution in [3.05, 3.63) is 93.3 Å². The molecule has 0 amide bonds. The molecule has 1 fully saturated rings. The van der Waals surface area contributed by atoms with Crippen molar-refractivity contribution in [3.8, 4) is 5.75 Å². The molecule has 2 aromatic carbocycles. The minimum atomic E-state index is 0.0517. The fourth-order valence-electron chi connectivity index (χ4n) is 5.56. The second kappa shape index (κ2) is 9.70. The minimum absolute atomic E-state index is 0.0517. The van der Waals surface area contributed by atoms with Gasteiger partial charge in [0.2, 0.25) is 0 Å². The zero-order valence-corrected chi connectivity index (χ0v) is 20.1. The van der Waals surface area contributed by atoms with Crippen molar-refractivity contribution in [3.63, 3.8) is 0 Å². The van der Waals surface area contributed by atoms with Crippen LogP contribution in [-0.4, -0.2) is 26.4 Å². The van der Waals surface area contributed by atoms with Gasteiger partial charge >= 0.3 is 0 Å². The van der Waals surface area contributed by atoms with Crippen LogP contribution in [0.3, 0.4) is 0 Å². The van der Waals surface area contributed by atoms with E-state index in [1.54, 1.807) is 0 Å². The van der Waals surface area contributed by atoms with Gasteiger partial charge in [-0.1, -0.05) is 49.6 Å². The first kappa shape index (κ1) is 22.1. The van der Waals surface area contributed by atoms with Crippen LogP contribution in [0.25, 0.3) is 10.9 Å². The summed E-state index contributed by atoms with van der Waals surface area (Å²) in [5.74, 6) is 2.20. The number of nitrogens with zero attached hydrogens (tertiary/aromatic N) is 2. The summed E-state index contributed by atoms with van der Waals surface area (Å²) in [6, 6.07) is 16.4. The van der Waals surface area contributed by atoms with Crippen molar-refractivity contribution >= 4 is 10.9 Å². The molecule has 0 radical (unpaired) electrons. The first-order valence-corrected chi connectivity index (χ1v) is 12.8. The molecule has 0 saturated heterocycles. The fraction of sp³-hybridized carbons (Fsp3) is 0.379. The fourth-order valence-corrected chi connectivity index (χ4v) is 5.56. The van der Waals surface area contributed by atoms with E-state index in [1.165, 1.54) is 30.2 Å². The number of hydrogen-bond acceptors (Lipinski definition) is 4. The van der Waals surface area contributed by atoms with Crippen LogP contribution < -0.4 is 10.3 Å². The minimum Gasteiger partial charge on any atom is -0.489 e. The van der Waals surface area contributed by atoms with Gasteiger partial charge in [0.25, 0.3) is 5.56 Å². The Bertz CT molecular complexity index is 1370. The number of aromatic nitrogens is 3. The van der Waals surface area contributed by atoms with Crippen molar-refractivity contribution in [2.45, 2.75) is 64.1 Å². The summed E-state index contributed by atoms with van der Waals surface area (Å²) in [5, 5.41) is 1.17. The van der Waals surface area contributed by atoms with E-state index in [0.717, 1.165) is 66.3 Å². The summed E-state index contributed by atoms with van der Waals surface area (Å²) in [7, 11) is 0. The van der Waals surface area contributed by atoms with E-state index in [9.17, 15) is 4.79 Å². The molecule has 2 N–H and O–H groups in total. The van der Waals surface area contributed by atoms with E-state index >= 15 is 0 Å². The predicted molar refractivity (Wildman–Crippen MR) is 138 cm³/mol. The van der Waals surface area contributed by atoms with E-state index in [1.807, 2.05) is 24.3 Å². The van der Waals surface area contributed by atoms with E-state index in [4.69, 9.17) is 9.72 Å². The molecule has 6 nitrogen and oxygen atoms in total. The van der Waals surface area contributed by atoms with Crippen LogP contribution in [0, 0.1) is 0 Å². The molecule has 1 aliphatic heterocycles. The van der Waals surface area contributed by atoms with Gasteiger partial charge in [0.05, 0.1) is 11.3 Å². The molecule has 0 atom stereocenters. The largest absolute Gasteiger partial charge is 0.489 e. The average Bonchev–Trinajstić information content (AvgIpc) is 3.30. The Hall–Kier alpha value is -3.38. The number of hydrogen-bond donors (Lipinski definition) is 2. The Morgan fingerprint density at radius 3 is 2.77 bits per heavy atom. The summed E-state index contributed by atoms with van der Waals surface area (Å²) in [5.41, 5.74) is 5.36. The van der Waals surface area contributed by atoms with Gasteiger partial charge in [0, 0.05) is 49.1 Å². The summed E-state index contributed by atoms with van der Waals surface area (Å²) in [6.45, 7) is 2.88. The third kappa shape index (κ3) is 4.76. The monoisotopic (exact) mass is 468 g/mol. The van der Waals surface area contributed by atoms with Crippen LogP contribution in [0.4, 0.5) is 0 Å².